The van der Waals surface area contributed by atoms with Crippen molar-refractivity contribution >= 4 is 23.4 Å². The number of piperazine rings is 1. The number of rotatable bonds is 8. The summed E-state index contributed by atoms with van der Waals surface area (Å²) in [4.78, 5) is 35.3. The molecule has 2 aromatic heterocycles. The molecule has 1 aromatic carbocycles. The van der Waals surface area contributed by atoms with Crippen molar-refractivity contribution in [2.75, 3.05) is 56.0 Å². The van der Waals surface area contributed by atoms with Gasteiger partial charge in [-0.05, 0) is 103 Å². The fraction of sp³-hybridized carbons (Fsp3) is 0.543. The Bertz CT molecular complexity index is 1600. The number of nitrogens with zero attached hydrogens (tertiary/aromatic N) is 6. The molecule has 0 bridgehead atoms. The molecule has 3 aromatic rings. The van der Waals surface area contributed by atoms with E-state index >= 15 is 0 Å². The number of nitrogens with one attached hydrogen (secondary N) is 1. The lowest BCUT2D eigenvalue weighted by Gasteiger charge is -2.38. The van der Waals surface area contributed by atoms with Crippen molar-refractivity contribution in [2.45, 2.75) is 71.3 Å². The van der Waals surface area contributed by atoms with Gasteiger partial charge in [0.2, 0.25) is 0 Å². The molecule has 5 rings (SSSR count). The molecule has 4 heterocycles. The van der Waals surface area contributed by atoms with Gasteiger partial charge in [-0.1, -0.05) is 6.07 Å². The molecule has 0 saturated carbocycles. The van der Waals surface area contributed by atoms with E-state index in [9.17, 15) is 27.9 Å². The maximum Gasteiger partial charge on any atom is 0.433 e. The Kier molecular flexibility index (Phi) is 10.6. The zero-order valence-corrected chi connectivity index (χ0v) is 28.8. The minimum atomic E-state index is -4.69. The number of anilines is 2. The predicted octanol–water partition coefficient (Wildman–Crippen LogP) is 5.93. The SMILES string of the molecule is CC(C)(C)OC(=O)N1CCC(CCN2CCN(c3ccc(-n4cc(NC(=O)c5cccc(C(F)(F)F)n5)c(C(C)(C)O)n4)cc3)CC2)CC1. The molecule has 0 aliphatic carbocycles. The third kappa shape index (κ3) is 9.50. The van der Waals surface area contributed by atoms with E-state index in [0.717, 1.165) is 82.9 Å². The largest absolute Gasteiger partial charge is 0.444 e. The lowest BCUT2D eigenvalue weighted by Crippen LogP contribution is -2.47. The number of benzene rings is 1. The number of carbonyl (C=O) groups is 2. The quantitative estimate of drug-likeness (QED) is 0.300. The topological polar surface area (TPSA) is 116 Å². The van der Waals surface area contributed by atoms with Crippen LogP contribution in [0.25, 0.3) is 5.69 Å². The number of ether oxygens (including phenoxy) is 1. The zero-order chi connectivity index (χ0) is 35.6. The Labute approximate surface area is 285 Å². The molecule has 0 spiro atoms. The van der Waals surface area contributed by atoms with Gasteiger partial charge < -0.3 is 25.0 Å². The minimum absolute atomic E-state index is 0.154. The van der Waals surface area contributed by atoms with Crippen molar-refractivity contribution in [3.05, 3.63) is 65.7 Å². The van der Waals surface area contributed by atoms with E-state index in [2.05, 4.69) is 25.2 Å². The Morgan fingerprint density at radius 2 is 1.55 bits per heavy atom. The van der Waals surface area contributed by atoms with Gasteiger partial charge in [-0.25, -0.2) is 14.5 Å². The first-order valence-electron chi connectivity index (χ1n) is 16.7. The molecule has 11 nitrogen and oxygen atoms in total. The van der Waals surface area contributed by atoms with E-state index in [1.54, 1.807) is 0 Å². The van der Waals surface area contributed by atoms with Crippen LogP contribution in [0.2, 0.25) is 0 Å². The van der Waals surface area contributed by atoms with Crippen molar-refractivity contribution in [1.82, 2.24) is 24.6 Å². The van der Waals surface area contributed by atoms with E-state index in [0.29, 0.717) is 11.6 Å². The van der Waals surface area contributed by atoms with Crippen LogP contribution in [0.3, 0.4) is 0 Å². The second-order valence-electron chi connectivity index (χ2n) is 14.3. The molecule has 0 atom stereocenters. The summed E-state index contributed by atoms with van der Waals surface area (Å²) in [6.45, 7) is 14.9. The Hall–Kier alpha value is -4.17. The summed E-state index contributed by atoms with van der Waals surface area (Å²) in [5.74, 6) is -0.246. The highest BCUT2D eigenvalue weighted by Gasteiger charge is 2.33. The zero-order valence-electron chi connectivity index (χ0n) is 28.8. The number of aromatic nitrogens is 3. The number of hydrogen-bond donors (Lipinski definition) is 2. The summed E-state index contributed by atoms with van der Waals surface area (Å²) in [7, 11) is 0. The second kappa shape index (κ2) is 14.4. The molecule has 49 heavy (non-hydrogen) atoms. The molecular weight excluding hydrogens is 639 g/mol. The maximum absolute atomic E-state index is 13.1. The van der Waals surface area contributed by atoms with Crippen molar-refractivity contribution in [1.29, 1.82) is 0 Å². The number of amides is 2. The first-order valence-corrected chi connectivity index (χ1v) is 16.7. The third-order valence-corrected chi connectivity index (χ3v) is 8.79. The van der Waals surface area contributed by atoms with Gasteiger partial charge in [0.15, 0.2) is 0 Å². The molecule has 2 saturated heterocycles. The number of piperidine rings is 1. The summed E-state index contributed by atoms with van der Waals surface area (Å²) in [5.41, 5.74) is -1.45. The van der Waals surface area contributed by atoms with Crippen molar-refractivity contribution < 1.29 is 32.6 Å². The molecule has 2 N–H and O–H groups in total. The fourth-order valence-electron chi connectivity index (χ4n) is 6.10. The van der Waals surface area contributed by atoms with Gasteiger partial charge in [0.05, 0.1) is 17.6 Å². The first kappa shape index (κ1) is 36.1. The summed E-state index contributed by atoms with van der Waals surface area (Å²) < 4.78 is 46.4. The van der Waals surface area contributed by atoms with Crippen LogP contribution in [0.5, 0.6) is 0 Å². The fourth-order valence-corrected chi connectivity index (χ4v) is 6.10. The van der Waals surface area contributed by atoms with E-state index < -0.39 is 34.7 Å². The average molecular weight is 686 g/mol. The van der Waals surface area contributed by atoms with Crippen LogP contribution in [-0.2, 0) is 16.5 Å². The van der Waals surface area contributed by atoms with Crippen molar-refractivity contribution in [3.8, 4) is 5.69 Å². The molecule has 2 fully saturated rings. The van der Waals surface area contributed by atoms with Crippen LogP contribution in [0.15, 0.2) is 48.7 Å². The van der Waals surface area contributed by atoms with Crippen LogP contribution in [0, 0.1) is 5.92 Å². The van der Waals surface area contributed by atoms with E-state index in [1.165, 1.54) is 30.8 Å². The highest BCUT2D eigenvalue weighted by Crippen LogP contribution is 2.30. The Morgan fingerprint density at radius 1 is 0.918 bits per heavy atom. The lowest BCUT2D eigenvalue weighted by atomic mass is 9.93. The number of halogens is 3. The van der Waals surface area contributed by atoms with Gasteiger partial charge in [-0.15, -0.1) is 0 Å². The summed E-state index contributed by atoms with van der Waals surface area (Å²) >= 11 is 0. The van der Waals surface area contributed by atoms with Gasteiger partial charge in [-0.2, -0.15) is 18.3 Å². The number of pyridine rings is 1. The van der Waals surface area contributed by atoms with Crippen LogP contribution in [0.4, 0.5) is 29.3 Å². The van der Waals surface area contributed by atoms with Crippen molar-refractivity contribution in [3.63, 3.8) is 0 Å². The molecule has 0 unspecified atom stereocenters. The van der Waals surface area contributed by atoms with Gasteiger partial charge in [0.25, 0.3) is 5.91 Å². The number of carbonyl (C=O) groups excluding carboxylic acids is 2. The molecule has 266 valence electrons. The molecule has 14 heteroatoms. The predicted molar refractivity (Wildman–Crippen MR) is 180 cm³/mol. The molecule has 2 aliphatic heterocycles. The van der Waals surface area contributed by atoms with E-state index in [1.807, 2.05) is 49.9 Å². The van der Waals surface area contributed by atoms with Gasteiger partial charge >= 0.3 is 12.3 Å². The third-order valence-electron chi connectivity index (χ3n) is 8.79. The lowest BCUT2D eigenvalue weighted by molar-refractivity contribution is -0.141. The highest BCUT2D eigenvalue weighted by atomic mass is 19.4. The molecule has 2 aliphatic rings. The smallest absolute Gasteiger partial charge is 0.433 e. The molecule has 2 amide bonds. The number of likely N-dealkylation sites (tertiary alicyclic amines) is 1. The van der Waals surface area contributed by atoms with Crippen LogP contribution >= 0.6 is 0 Å². The maximum atomic E-state index is 13.1. The van der Waals surface area contributed by atoms with Crippen LogP contribution < -0.4 is 10.2 Å². The summed E-state index contributed by atoms with van der Waals surface area (Å²) in [5, 5.41) is 17.8. The minimum Gasteiger partial charge on any atom is -0.444 e. The average Bonchev–Trinajstić information content (AvgIpc) is 3.48. The summed E-state index contributed by atoms with van der Waals surface area (Å²) in [6, 6.07) is 10.9. The Balaban J connectivity index is 1.14. The van der Waals surface area contributed by atoms with Gasteiger partial charge in [0.1, 0.15) is 28.3 Å². The summed E-state index contributed by atoms with van der Waals surface area (Å²) in [6.07, 6.45) is -0.272. The highest BCUT2D eigenvalue weighted by molar-refractivity contribution is 6.03. The number of alkyl halides is 3. The van der Waals surface area contributed by atoms with Crippen LogP contribution in [0.1, 0.15) is 75.8 Å². The van der Waals surface area contributed by atoms with E-state index in [4.69, 9.17) is 4.74 Å². The molecular formula is C35H46F3N7O4. The second-order valence-corrected chi connectivity index (χ2v) is 14.3. The van der Waals surface area contributed by atoms with Crippen LogP contribution in [-0.4, -0.2) is 93.1 Å². The standard InChI is InChI=1S/C35H46F3N7O4/c1-33(2,3)49-32(47)44-17-14-24(15-18-44)13-16-42-19-21-43(22-20-42)25-9-11-26(12-10-25)45-23-28(30(41-45)34(4,5)48)40-31(46)27-7-6-8-29(39-27)35(36,37)38/h6-12,23-24,48H,13-22H2,1-5H3,(H,40,46). The normalized spacial score (nSPS) is 16.9. The Morgan fingerprint density at radius 3 is 2.14 bits per heavy atom. The number of hydrogen-bond acceptors (Lipinski definition) is 8. The van der Waals surface area contributed by atoms with E-state index in [-0.39, 0.29) is 17.5 Å². The number of aliphatic hydroxyl groups is 1. The monoisotopic (exact) mass is 685 g/mol. The van der Waals surface area contributed by atoms with Gasteiger partial charge in [0, 0.05) is 45.0 Å². The van der Waals surface area contributed by atoms with Gasteiger partial charge in [-0.3, -0.25) is 9.69 Å². The molecule has 0 radical (unpaired) electrons. The van der Waals surface area contributed by atoms with Crippen molar-refractivity contribution in [2.24, 2.45) is 5.92 Å². The first-order chi connectivity index (χ1) is 23.0.